The highest BCUT2D eigenvalue weighted by molar-refractivity contribution is 7.89. The summed E-state index contributed by atoms with van der Waals surface area (Å²) in [5, 5.41) is 5.87. The standard InChI is InChI=1S/C31H25FN4O3S2/c1-21-6-8-22(9-7-21)19-33-36(31-34-28-15-12-26(32)18-29(28)40-31)30(37)24-10-13-27(14-11-24)41(38,39)35-17-16-23-4-2-3-5-25(23)20-35/h2-15,18-19H,16-17,20H2,1H3/b33-19+. The normalized spacial score (nSPS) is 13.9. The topological polar surface area (TPSA) is 82.9 Å². The smallest absolute Gasteiger partial charge is 0.267 e. The summed E-state index contributed by atoms with van der Waals surface area (Å²) in [7, 11) is -3.76. The summed E-state index contributed by atoms with van der Waals surface area (Å²) < 4.78 is 42.7. The minimum atomic E-state index is -3.76. The lowest BCUT2D eigenvalue weighted by Crippen LogP contribution is -2.36. The lowest BCUT2D eigenvalue weighted by Gasteiger charge is -2.28. The lowest BCUT2D eigenvalue weighted by atomic mass is 10.0. The second-order valence-corrected chi connectivity index (χ2v) is 12.7. The first kappa shape index (κ1) is 26.9. The molecule has 0 saturated carbocycles. The largest absolute Gasteiger partial charge is 0.280 e. The van der Waals surface area contributed by atoms with Gasteiger partial charge < -0.3 is 0 Å². The van der Waals surface area contributed by atoms with Crippen LogP contribution in [0.4, 0.5) is 9.52 Å². The minimum Gasteiger partial charge on any atom is -0.267 e. The van der Waals surface area contributed by atoms with Gasteiger partial charge in [-0.25, -0.2) is 17.8 Å². The molecule has 10 heteroatoms. The van der Waals surface area contributed by atoms with Crippen LogP contribution < -0.4 is 5.01 Å². The van der Waals surface area contributed by atoms with E-state index in [0.29, 0.717) is 29.7 Å². The van der Waals surface area contributed by atoms with Gasteiger partial charge in [0.1, 0.15) is 5.82 Å². The monoisotopic (exact) mass is 584 g/mol. The number of hydrogen-bond donors (Lipinski definition) is 0. The molecule has 0 unspecified atom stereocenters. The fourth-order valence-electron chi connectivity index (χ4n) is 4.66. The molecule has 0 spiro atoms. The van der Waals surface area contributed by atoms with Crippen molar-refractivity contribution in [2.45, 2.75) is 24.8 Å². The summed E-state index contributed by atoms with van der Waals surface area (Å²) in [4.78, 5) is 18.3. The van der Waals surface area contributed by atoms with E-state index in [9.17, 15) is 17.6 Å². The van der Waals surface area contributed by atoms with Crippen LogP contribution in [0.1, 0.15) is 32.6 Å². The van der Waals surface area contributed by atoms with Gasteiger partial charge in [0, 0.05) is 18.7 Å². The Balaban J connectivity index is 1.30. The zero-order chi connectivity index (χ0) is 28.6. The molecular formula is C31H25FN4O3S2. The summed E-state index contributed by atoms with van der Waals surface area (Å²) in [6, 6.07) is 25.6. The molecule has 7 nitrogen and oxygen atoms in total. The van der Waals surface area contributed by atoms with Crippen molar-refractivity contribution in [1.29, 1.82) is 0 Å². The van der Waals surface area contributed by atoms with E-state index in [2.05, 4.69) is 10.1 Å². The number of benzene rings is 4. The van der Waals surface area contributed by atoms with E-state index in [1.54, 1.807) is 12.3 Å². The van der Waals surface area contributed by atoms with E-state index in [4.69, 9.17) is 0 Å². The van der Waals surface area contributed by atoms with Crippen LogP contribution in [0, 0.1) is 12.7 Å². The summed E-state index contributed by atoms with van der Waals surface area (Å²) in [5.74, 6) is -0.897. The number of hydrazone groups is 1. The molecule has 1 amide bonds. The third-order valence-corrected chi connectivity index (χ3v) is 9.80. The number of carbonyl (C=O) groups excluding carboxylic acids is 1. The Kier molecular flexibility index (Phi) is 7.21. The second kappa shape index (κ2) is 11.0. The van der Waals surface area contributed by atoms with Crippen molar-refractivity contribution >= 4 is 48.8 Å². The van der Waals surface area contributed by atoms with Crippen LogP contribution >= 0.6 is 11.3 Å². The SMILES string of the molecule is Cc1ccc(/C=N/N(C(=O)c2ccc(S(=O)(=O)N3CCc4ccccc4C3)cc2)c2nc3ccc(F)cc3s2)cc1. The van der Waals surface area contributed by atoms with E-state index < -0.39 is 21.7 Å². The Labute approximate surface area is 241 Å². The number of aryl methyl sites for hydroxylation is 1. The molecule has 6 rings (SSSR count). The van der Waals surface area contributed by atoms with Crippen molar-refractivity contribution in [3.63, 3.8) is 0 Å². The van der Waals surface area contributed by atoms with Gasteiger partial charge in [0.2, 0.25) is 15.2 Å². The molecule has 206 valence electrons. The summed E-state index contributed by atoms with van der Waals surface area (Å²) in [6.45, 7) is 2.67. The highest BCUT2D eigenvalue weighted by Gasteiger charge is 2.29. The van der Waals surface area contributed by atoms with Gasteiger partial charge in [0.25, 0.3) is 5.91 Å². The molecule has 1 aliphatic heterocycles. The second-order valence-electron chi connectivity index (χ2n) is 9.76. The van der Waals surface area contributed by atoms with Crippen molar-refractivity contribution in [2.24, 2.45) is 5.10 Å². The van der Waals surface area contributed by atoms with Gasteiger partial charge in [-0.3, -0.25) is 4.79 Å². The number of anilines is 1. The number of aromatic nitrogens is 1. The van der Waals surface area contributed by atoms with E-state index >= 15 is 0 Å². The van der Waals surface area contributed by atoms with E-state index in [1.165, 1.54) is 40.7 Å². The Morgan fingerprint density at radius 1 is 1.00 bits per heavy atom. The first-order chi connectivity index (χ1) is 19.8. The average molecular weight is 585 g/mol. The van der Waals surface area contributed by atoms with Crippen molar-refractivity contribution in [3.05, 3.63) is 125 Å². The van der Waals surface area contributed by atoms with Crippen LogP contribution in [0.3, 0.4) is 0 Å². The van der Waals surface area contributed by atoms with Gasteiger partial charge in [-0.1, -0.05) is 65.4 Å². The average Bonchev–Trinajstić information content (AvgIpc) is 3.40. The molecule has 0 fully saturated rings. The number of sulfonamides is 1. The quantitative estimate of drug-likeness (QED) is 0.177. The molecular weight excluding hydrogens is 559 g/mol. The first-order valence-electron chi connectivity index (χ1n) is 13.0. The number of thiazole rings is 1. The predicted octanol–water partition coefficient (Wildman–Crippen LogP) is 6.17. The van der Waals surface area contributed by atoms with Crippen LogP contribution in [0.25, 0.3) is 10.2 Å². The molecule has 1 aliphatic rings. The molecule has 0 bridgehead atoms. The fourth-order valence-corrected chi connectivity index (χ4v) is 7.02. The highest BCUT2D eigenvalue weighted by Crippen LogP contribution is 2.31. The number of carbonyl (C=O) groups is 1. The van der Waals surface area contributed by atoms with E-state index in [0.717, 1.165) is 38.6 Å². The Hall–Kier alpha value is -4.25. The van der Waals surface area contributed by atoms with Crippen LogP contribution in [0.15, 0.2) is 101 Å². The maximum Gasteiger partial charge on any atom is 0.280 e. The maximum absolute atomic E-state index is 13.8. The van der Waals surface area contributed by atoms with Crippen LogP contribution in [-0.2, 0) is 23.0 Å². The van der Waals surface area contributed by atoms with Crippen molar-refractivity contribution < 1.29 is 17.6 Å². The maximum atomic E-state index is 13.8. The molecule has 41 heavy (non-hydrogen) atoms. The predicted molar refractivity (Wildman–Crippen MR) is 159 cm³/mol. The Bertz CT molecular complexity index is 1890. The summed E-state index contributed by atoms with van der Waals surface area (Å²) in [6.07, 6.45) is 2.20. The van der Waals surface area contributed by atoms with Gasteiger partial charge >= 0.3 is 0 Å². The van der Waals surface area contributed by atoms with Crippen molar-refractivity contribution in [3.8, 4) is 0 Å². The molecule has 0 saturated heterocycles. The first-order valence-corrected chi connectivity index (χ1v) is 15.2. The number of rotatable bonds is 6. The minimum absolute atomic E-state index is 0.110. The Morgan fingerprint density at radius 3 is 2.49 bits per heavy atom. The number of nitrogens with zero attached hydrogens (tertiary/aromatic N) is 4. The number of hydrogen-bond acceptors (Lipinski definition) is 6. The number of amides is 1. The molecule has 5 aromatic rings. The molecule has 4 aromatic carbocycles. The fraction of sp³-hybridized carbons (Fsp3) is 0.129. The third kappa shape index (κ3) is 5.54. The van der Waals surface area contributed by atoms with Crippen molar-refractivity contribution in [1.82, 2.24) is 9.29 Å². The lowest BCUT2D eigenvalue weighted by molar-refractivity contribution is 0.0987. The molecule has 2 heterocycles. The molecule has 0 N–H and O–H groups in total. The van der Waals surface area contributed by atoms with Crippen molar-refractivity contribution in [2.75, 3.05) is 11.6 Å². The summed E-state index contributed by atoms with van der Waals surface area (Å²) >= 11 is 1.14. The molecule has 0 radical (unpaired) electrons. The zero-order valence-electron chi connectivity index (χ0n) is 22.1. The molecule has 0 atom stereocenters. The van der Waals surface area contributed by atoms with Gasteiger partial charge in [-0.2, -0.15) is 14.4 Å². The molecule has 0 aliphatic carbocycles. The van der Waals surface area contributed by atoms with Crippen LogP contribution in [0.2, 0.25) is 0 Å². The number of halogens is 1. The van der Waals surface area contributed by atoms with Crippen LogP contribution in [-0.4, -0.2) is 36.4 Å². The summed E-state index contributed by atoms with van der Waals surface area (Å²) in [5.41, 5.74) is 4.80. The van der Waals surface area contributed by atoms with Gasteiger partial charge in [0.15, 0.2) is 0 Å². The third-order valence-electron chi connectivity index (χ3n) is 6.95. The number of fused-ring (bicyclic) bond motifs is 2. The van der Waals surface area contributed by atoms with Gasteiger partial charge in [-0.05, 0) is 72.5 Å². The zero-order valence-corrected chi connectivity index (χ0v) is 23.7. The van der Waals surface area contributed by atoms with Gasteiger partial charge in [0.05, 0.1) is 21.3 Å². The van der Waals surface area contributed by atoms with Gasteiger partial charge in [-0.15, -0.1) is 0 Å². The molecule has 1 aromatic heterocycles. The van der Waals surface area contributed by atoms with Crippen LogP contribution in [0.5, 0.6) is 0 Å². The van der Waals surface area contributed by atoms with E-state index in [-0.39, 0.29) is 15.6 Å². The Morgan fingerprint density at radius 2 is 1.73 bits per heavy atom. The van der Waals surface area contributed by atoms with E-state index in [1.807, 2.05) is 55.5 Å². The highest BCUT2D eigenvalue weighted by atomic mass is 32.2.